The Kier molecular flexibility index (Phi) is 9.64. The zero-order chi connectivity index (χ0) is 23.6. The summed E-state index contributed by atoms with van der Waals surface area (Å²) in [5, 5.41) is 2.89. The van der Waals surface area contributed by atoms with Crippen LogP contribution in [-0.4, -0.2) is 55.0 Å². The smallest absolute Gasteiger partial charge is 0.232 e. The van der Waals surface area contributed by atoms with E-state index in [9.17, 15) is 13.2 Å². The minimum Gasteiger partial charge on any atom is -0.497 e. The van der Waals surface area contributed by atoms with Gasteiger partial charge in [0.15, 0.2) is 11.5 Å². The van der Waals surface area contributed by atoms with Crippen LogP contribution in [0.3, 0.4) is 0 Å². The number of sulfonamides is 1. The third-order valence-electron chi connectivity index (χ3n) is 4.92. The normalized spacial score (nSPS) is 11.0. The molecule has 176 valence electrons. The summed E-state index contributed by atoms with van der Waals surface area (Å²) < 4.78 is 41.4. The molecule has 0 aliphatic rings. The van der Waals surface area contributed by atoms with Gasteiger partial charge in [0.2, 0.25) is 15.9 Å². The Morgan fingerprint density at radius 1 is 0.969 bits per heavy atom. The second-order valence-corrected chi connectivity index (χ2v) is 9.19. The minimum atomic E-state index is -3.48. The van der Waals surface area contributed by atoms with Crippen molar-refractivity contribution < 1.29 is 27.4 Å². The first-order valence-electron chi connectivity index (χ1n) is 10.4. The van der Waals surface area contributed by atoms with Crippen LogP contribution >= 0.6 is 0 Å². The molecular formula is C23H32N2O6S. The van der Waals surface area contributed by atoms with Crippen molar-refractivity contribution in [2.75, 3.05) is 45.0 Å². The molecule has 2 rings (SSSR count). The number of amides is 1. The summed E-state index contributed by atoms with van der Waals surface area (Å²) in [7, 11) is 1.25. The molecule has 0 fully saturated rings. The van der Waals surface area contributed by atoms with E-state index >= 15 is 0 Å². The Labute approximate surface area is 190 Å². The number of aryl methyl sites for hydroxylation is 1. The van der Waals surface area contributed by atoms with Gasteiger partial charge in [-0.1, -0.05) is 12.1 Å². The number of ether oxygens (including phenoxy) is 3. The van der Waals surface area contributed by atoms with E-state index in [0.717, 1.165) is 24.7 Å². The number of nitrogens with one attached hydrogen (secondary N) is 1. The molecule has 0 unspecified atom stereocenters. The Hall–Kier alpha value is -2.94. The van der Waals surface area contributed by atoms with Crippen molar-refractivity contribution in [3.63, 3.8) is 0 Å². The Balaban J connectivity index is 1.78. The fourth-order valence-electron chi connectivity index (χ4n) is 3.28. The van der Waals surface area contributed by atoms with Crippen LogP contribution in [-0.2, 0) is 21.2 Å². The molecule has 2 aromatic rings. The predicted molar refractivity (Wildman–Crippen MR) is 125 cm³/mol. The number of hydrogen-bond acceptors (Lipinski definition) is 6. The van der Waals surface area contributed by atoms with Gasteiger partial charge in [-0.05, 0) is 49.1 Å². The molecule has 0 saturated carbocycles. The predicted octanol–water partition coefficient (Wildman–Crippen LogP) is 3.01. The van der Waals surface area contributed by atoms with E-state index in [2.05, 4.69) is 5.32 Å². The molecule has 1 N–H and O–H groups in total. The summed E-state index contributed by atoms with van der Waals surface area (Å²) in [6.07, 6.45) is 3.37. The summed E-state index contributed by atoms with van der Waals surface area (Å²) in [6, 6.07) is 12.6. The van der Waals surface area contributed by atoms with Crippen LogP contribution in [0.1, 0.15) is 24.8 Å². The van der Waals surface area contributed by atoms with Crippen molar-refractivity contribution in [3.8, 4) is 17.2 Å². The standard InChI is InChI=1S/C23H32N2O6S/c1-29-20-10-5-9-19(17-20)25(32(4,27)28)15-7-11-23(26)24-14-6-8-18-12-13-21(30-2)22(16-18)31-3/h5,9-10,12-13,16-17H,6-8,11,14-15H2,1-4H3,(H,24,26). The van der Waals surface area contributed by atoms with E-state index in [0.29, 0.717) is 35.9 Å². The summed E-state index contributed by atoms with van der Waals surface area (Å²) in [5.74, 6) is 1.84. The fraction of sp³-hybridized carbons (Fsp3) is 0.435. The molecule has 0 atom stereocenters. The van der Waals surface area contributed by atoms with Gasteiger partial charge in [0, 0.05) is 25.6 Å². The van der Waals surface area contributed by atoms with Gasteiger partial charge in [-0.3, -0.25) is 9.10 Å². The summed E-state index contributed by atoms with van der Waals surface area (Å²) in [4.78, 5) is 12.2. The van der Waals surface area contributed by atoms with Crippen molar-refractivity contribution >= 4 is 21.6 Å². The van der Waals surface area contributed by atoms with Crippen LogP contribution in [0.2, 0.25) is 0 Å². The second kappa shape index (κ2) is 12.2. The maximum atomic E-state index is 12.2. The van der Waals surface area contributed by atoms with Gasteiger partial charge < -0.3 is 19.5 Å². The Morgan fingerprint density at radius 3 is 2.38 bits per heavy atom. The van der Waals surface area contributed by atoms with Crippen LogP contribution in [0.5, 0.6) is 17.2 Å². The molecule has 2 aromatic carbocycles. The van der Waals surface area contributed by atoms with E-state index in [1.807, 2.05) is 18.2 Å². The molecule has 1 amide bonds. The molecule has 0 heterocycles. The number of benzene rings is 2. The number of anilines is 1. The van der Waals surface area contributed by atoms with Crippen LogP contribution in [0.25, 0.3) is 0 Å². The van der Waals surface area contributed by atoms with Gasteiger partial charge in [0.25, 0.3) is 0 Å². The third-order valence-corrected chi connectivity index (χ3v) is 6.11. The lowest BCUT2D eigenvalue weighted by Crippen LogP contribution is -2.32. The number of nitrogens with zero attached hydrogens (tertiary/aromatic N) is 1. The molecule has 0 spiro atoms. The van der Waals surface area contributed by atoms with Crippen LogP contribution in [0, 0.1) is 0 Å². The van der Waals surface area contributed by atoms with Crippen molar-refractivity contribution in [1.82, 2.24) is 5.32 Å². The molecule has 0 bridgehead atoms. The highest BCUT2D eigenvalue weighted by atomic mass is 32.2. The van der Waals surface area contributed by atoms with Crippen molar-refractivity contribution in [3.05, 3.63) is 48.0 Å². The molecule has 32 heavy (non-hydrogen) atoms. The van der Waals surface area contributed by atoms with E-state index in [1.165, 1.54) is 11.4 Å². The highest BCUT2D eigenvalue weighted by Gasteiger charge is 2.18. The quantitative estimate of drug-likeness (QED) is 0.458. The monoisotopic (exact) mass is 464 g/mol. The Bertz CT molecular complexity index is 994. The highest BCUT2D eigenvalue weighted by Crippen LogP contribution is 2.28. The summed E-state index contributed by atoms with van der Waals surface area (Å²) in [5.41, 5.74) is 1.61. The third kappa shape index (κ3) is 7.64. The van der Waals surface area contributed by atoms with E-state index in [4.69, 9.17) is 14.2 Å². The maximum Gasteiger partial charge on any atom is 0.232 e. The van der Waals surface area contributed by atoms with Crippen molar-refractivity contribution in [2.24, 2.45) is 0 Å². The summed E-state index contributed by atoms with van der Waals surface area (Å²) in [6.45, 7) is 0.754. The first-order chi connectivity index (χ1) is 15.3. The van der Waals surface area contributed by atoms with Gasteiger partial charge in [0.1, 0.15) is 5.75 Å². The average molecular weight is 465 g/mol. The molecular weight excluding hydrogens is 432 g/mol. The number of rotatable bonds is 13. The zero-order valence-corrected chi connectivity index (χ0v) is 19.9. The number of methoxy groups -OCH3 is 3. The molecule has 0 radical (unpaired) electrons. The molecule has 0 saturated heterocycles. The van der Waals surface area contributed by atoms with Gasteiger partial charge in [-0.25, -0.2) is 8.42 Å². The van der Waals surface area contributed by atoms with Gasteiger partial charge >= 0.3 is 0 Å². The SMILES string of the molecule is COc1cccc(N(CCCC(=O)NCCCc2ccc(OC)c(OC)c2)S(C)(=O)=O)c1. The van der Waals surface area contributed by atoms with Crippen LogP contribution in [0.4, 0.5) is 5.69 Å². The first-order valence-corrected chi connectivity index (χ1v) is 12.2. The highest BCUT2D eigenvalue weighted by molar-refractivity contribution is 7.92. The number of carbonyl (C=O) groups is 1. The molecule has 0 aliphatic heterocycles. The fourth-order valence-corrected chi connectivity index (χ4v) is 4.24. The lowest BCUT2D eigenvalue weighted by Gasteiger charge is -2.22. The van der Waals surface area contributed by atoms with Gasteiger partial charge in [-0.2, -0.15) is 0 Å². The van der Waals surface area contributed by atoms with Gasteiger partial charge in [0.05, 0.1) is 33.3 Å². The molecule has 0 aromatic heterocycles. The molecule has 9 heteroatoms. The van der Waals surface area contributed by atoms with Crippen LogP contribution in [0.15, 0.2) is 42.5 Å². The molecule has 8 nitrogen and oxygen atoms in total. The summed E-state index contributed by atoms with van der Waals surface area (Å²) >= 11 is 0. The second-order valence-electron chi connectivity index (χ2n) is 7.28. The largest absolute Gasteiger partial charge is 0.497 e. The van der Waals surface area contributed by atoms with E-state index in [-0.39, 0.29) is 18.9 Å². The van der Waals surface area contributed by atoms with Crippen molar-refractivity contribution in [1.29, 1.82) is 0 Å². The van der Waals surface area contributed by atoms with Gasteiger partial charge in [-0.15, -0.1) is 0 Å². The zero-order valence-electron chi connectivity index (χ0n) is 19.1. The van der Waals surface area contributed by atoms with Crippen LogP contribution < -0.4 is 23.8 Å². The lowest BCUT2D eigenvalue weighted by molar-refractivity contribution is -0.121. The maximum absolute atomic E-state index is 12.2. The minimum absolute atomic E-state index is 0.101. The average Bonchev–Trinajstić information content (AvgIpc) is 2.78. The number of hydrogen-bond donors (Lipinski definition) is 1. The Morgan fingerprint density at radius 2 is 1.72 bits per heavy atom. The van der Waals surface area contributed by atoms with E-state index < -0.39 is 10.0 Å². The first kappa shape index (κ1) is 25.3. The molecule has 0 aliphatic carbocycles. The lowest BCUT2D eigenvalue weighted by atomic mass is 10.1. The topological polar surface area (TPSA) is 94.2 Å². The van der Waals surface area contributed by atoms with Crippen molar-refractivity contribution in [2.45, 2.75) is 25.7 Å². The number of carbonyl (C=O) groups excluding carboxylic acids is 1. The van der Waals surface area contributed by atoms with E-state index in [1.54, 1.807) is 38.5 Å².